The summed E-state index contributed by atoms with van der Waals surface area (Å²) in [6, 6.07) is 0. The number of nitrogens with zero attached hydrogens (tertiary/aromatic N) is 1. The van der Waals surface area contributed by atoms with Crippen molar-refractivity contribution in [2.24, 2.45) is 0 Å². The number of nitrogens with one attached hydrogen (secondary N) is 1. The summed E-state index contributed by atoms with van der Waals surface area (Å²) in [5.74, 6) is 0.252. The largest absolute Gasteiger partial charge is 0.396 e. The fourth-order valence-corrected chi connectivity index (χ4v) is 2.21. The van der Waals surface area contributed by atoms with E-state index in [1.165, 1.54) is 0 Å². The van der Waals surface area contributed by atoms with Gasteiger partial charge in [-0.2, -0.15) is 0 Å². The Bertz CT molecular complexity index is 240. The summed E-state index contributed by atoms with van der Waals surface area (Å²) in [6.07, 6.45) is 2.31. The van der Waals surface area contributed by atoms with Crippen LogP contribution in [0.25, 0.3) is 0 Å². The zero-order valence-electron chi connectivity index (χ0n) is 10.9. The second-order valence-electron chi connectivity index (χ2n) is 4.88. The smallest absolute Gasteiger partial charge is 0.222 e. The van der Waals surface area contributed by atoms with E-state index >= 15 is 0 Å². The van der Waals surface area contributed by atoms with Crippen molar-refractivity contribution < 1.29 is 14.6 Å². The Morgan fingerprint density at radius 2 is 2.35 bits per heavy atom. The summed E-state index contributed by atoms with van der Waals surface area (Å²) in [4.78, 5) is 13.3. The van der Waals surface area contributed by atoms with Crippen LogP contribution in [-0.4, -0.2) is 61.4 Å². The lowest BCUT2D eigenvalue weighted by Gasteiger charge is -2.30. The Morgan fingerprint density at radius 3 is 2.88 bits per heavy atom. The van der Waals surface area contributed by atoms with Crippen molar-refractivity contribution >= 4 is 5.91 Å². The number of likely N-dealkylation sites (tertiary alicyclic amines) is 1. The molecule has 1 rings (SSSR count). The van der Waals surface area contributed by atoms with Crippen molar-refractivity contribution in [3.8, 4) is 0 Å². The highest BCUT2D eigenvalue weighted by molar-refractivity contribution is 5.78. The number of aliphatic hydroxyl groups excluding tert-OH is 1. The third-order valence-corrected chi connectivity index (χ3v) is 3.23. The summed E-state index contributed by atoms with van der Waals surface area (Å²) in [7, 11) is 1.65. The summed E-state index contributed by atoms with van der Waals surface area (Å²) in [6.45, 7) is 5.08. The molecule has 1 amide bonds. The molecular formula is C12H24N2O3. The van der Waals surface area contributed by atoms with E-state index in [2.05, 4.69) is 5.32 Å². The average Bonchev–Trinajstić information content (AvgIpc) is 2.65. The predicted molar refractivity (Wildman–Crippen MR) is 65.8 cm³/mol. The van der Waals surface area contributed by atoms with Gasteiger partial charge in [0.2, 0.25) is 5.91 Å². The fourth-order valence-electron chi connectivity index (χ4n) is 2.21. The van der Waals surface area contributed by atoms with Crippen LogP contribution >= 0.6 is 0 Å². The lowest BCUT2D eigenvalue weighted by molar-refractivity contribution is -0.127. The molecule has 0 aromatic carbocycles. The zero-order valence-corrected chi connectivity index (χ0v) is 10.9. The van der Waals surface area contributed by atoms with E-state index in [9.17, 15) is 4.79 Å². The quantitative estimate of drug-likeness (QED) is 0.630. The lowest BCUT2D eigenvalue weighted by Crippen LogP contribution is -2.49. The first kappa shape index (κ1) is 14.4. The highest BCUT2D eigenvalue weighted by Crippen LogP contribution is 2.11. The van der Waals surface area contributed by atoms with Crippen LogP contribution in [0.15, 0.2) is 0 Å². The number of carbonyl (C=O) groups is 1. The molecule has 17 heavy (non-hydrogen) atoms. The van der Waals surface area contributed by atoms with Crippen LogP contribution in [-0.2, 0) is 9.53 Å². The molecule has 1 atom stereocenters. The number of aliphatic hydroxyl groups is 1. The molecule has 5 nitrogen and oxygen atoms in total. The van der Waals surface area contributed by atoms with Crippen molar-refractivity contribution in [1.82, 2.24) is 10.2 Å². The second kappa shape index (κ2) is 6.93. The minimum atomic E-state index is -0.216. The molecule has 100 valence electrons. The van der Waals surface area contributed by atoms with Crippen molar-refractivity contribution in [3.05, 3.63) is 0 Å². The molecule has 1 aliphatic heterocycles. The van der Waals surface area contributed by atoms with Crippen molar-refractivity contribution in [2.75, 3.05) is 40.0 Å². The van der Waals surface area contributed by atoms with Crippen LogP contribution in [0.4, 0.5) is 0 Å². The molecule has 0 spiro atoms. The monoisotopic (exact) mass is 244 g/mol. The normalized spacial score (nSPS) is 19.7. The zero-order chi connectivity index (χ0) is 12.7. The van der Waals surface area contributed by atoms with Crippen LogP contribution in [0.3, 0.4) is 0 Å². The van der Waals surface area contributed by atoms with Gasteiger partial charge >= 0.3 is 0 Å². The maximum absolute atomic E-state index is 11.4. The van der Waals surface area contributed by atoms with Crippen molar-refractivity contribution in [3.63, 3.8) is 0 Å². The van der Waals surface area contributed by atoms with Gasteiger partial charge in [0.05, 0.1) is 6.61 Å². The van der Waals surface area contributed by atoms with Crippen LogP contribution in [0.5, 0.6) is 0 Å². The number of amides is 1. The first-order valence-electron chi connectivity index (χ1n) is 6.24. The molecule has 0 radical (unpaired) electrons. The molecule has 0 bridgehead atoms. The van der Waals surface area contributed by atoms with Gasteiger partial charge in [-0.15, -0.1) is 0 Å². The summed E-state index contributed by atoms with van der Waals surface area (Å²) in [5, 5.41) is 12.4. The first-order chi connectivity index (χ1) is 8.11. The molecule has 1 heterocycles. The molecule has 0 saturated carbocycles. The number of hydrogen-bond donors (Lipinski definition) is 2. The van der Waals surface area contributed by atoms with E-state index in [1.807, 2.05) is 11.8 Å². The van der Waals surface area contributed by atoms with Crippen LogP contribution in [0.2, 0.25) is 0 Å². The molecule has 1 aliphatic rings. The van der Waals surface area contributed by atoms with Gasteiger partial charge in [-0.3, -0.25) is 4.79 Å². The number of ether oxygens (including phenoxy) is 1. The van der Waals surface area contributed by atoms with E-state index < -0.39 is 0 Å². The summed E-state index contributed by atoms with van der Waals surface area (Å²) < 4.78 is 5.15. The van der Waals surface area contributed by atoms with E-state index in [-0.39, 0.29) is 18.1 Å². The van der Waals surface area contributed by atoms with Gasteiger partial charge in [-0.25, -0.2) is 0 Å². The minimum absolute atomic E-state index is 0.134. The Balaban J connectivity index is 2.28. The van der Waals surface area contributed by atoms with E-state index in [0.29, 0.717) is 19.4 Å². The summed E-state index contributed by atoms with van der Waals surface area (Å²) in [5.41, 5.74) is -0.216. The summed E-state index contributed by atoms with van der Waals surface area (Å²) >= 11 is 0. The number of carbonyl (C=O) groups excluding carboxylic acids is 1. The molecule has 1 saturated heterocycles. The van der Waals surface area contributed by atoms with E-state index in [0.717, 1.165) is 26.1 Å². The van der Waals surface area contributed by atoms with Crippen molar-refractivity contribution in [2.45, 2.75) is 31.7 Å². The van der Waals surface area contributed by atoms with Gasteiger partial charge in [-0.05, 0) is 19.8 Å². The van der Waals surface area contributed by atoms with Gasteiger partial charge < -0.3 is 20.1 Å². The molecular weight excluding hydrogens is 220 g/mol. The average molecular weight is 244 g/mol. The highest BCUT2D eigenvalue weighted by Gasteiger charge is 2.24. The molecule has 2 N–H and O–H groups in total. The molecule has 1 unspecified atom stereocenters. The maximum Gasteiger partial charge on any atom is 0.222 e. The molecule has 0 aromatic heterocycles. The van der Waals surface area contributed by atoms with E-state index in [1.54, 1.807) is 7.11 Å². The topological polar surface area (TPSA) is 61.8 Å². The fraction of sp³-hybridized carbons (Fsp3) is 0.917. The standard InChI is InChI=1S/C12H24N2O3/c1-12(5-9-15,10-17-2)13-6-8-14-7-3-4-11(14)16/h13,15H,3-10H2,1-2H3. The van der Waals surface area contributed by atoms with E-state index in [4.69, 9.17) is 9.84 Å². The predicted octanol–water partition coefficient (Wildman–Crippen LogP) is -0.0141. The first-order valence-corrected chi connectivity index (χ1v) is 6.24. The minimum Gasteiger partial charge on any atom is -0.396 e. The van der Waals surface area contributed by atoms with Gasteiger partial charge in [0.15, 0.2) is 0 Å². The Morgan fingerprint density at radius 1 is 1.59 bits per heavy atom. The molecule has 5 heteroatoms. The SMILES string of the molecule is COCC(C)(CCO)NCCN1CCCC1=O. The number of hydrogen-bond acceptors (Lipinski definition) is 4. The van der Waals surface area contributed by atoms with Gasteiger partial charge in [0, 0.05) is 45.3 Å². The van der Waals surface area contributed by atoms with Crippen LogP contribution in [0.1, 0.15) is 26.2 Å². The second-order valence-corrected chi connectivity index (χ2v) is 4.88. The molecule has 0 aliphatic carbocycles. The molecule has 0 aromatic rings. The number of rotatable bonds is 8. The van der Waals surface area contributed by atoms with Crippen LogP contribution in [0, 0.1) is 0 Å². The van der Waals surface area contributed by atoms with Gasteiger partial charge in [0.25, 0.3) is 0 Å². The Labute approximate surface area is 103 Å². The maximum atomic E-state index is 11.4. The number of methoxy groups -OCH3 is 1. The molecule has 1 fully saturated rings. The van der Waals surface area contributed by atoms with Gasteiger partial charge in [0.1, 0.15) is 0 Å². The third-order valence-electron chi connectivity index (χ3n) is 3.23. The Hall–Kier alpha value is -0.650. The van der Waals surface area contributed by atoms with Crippen LogP contribution < -0.4 is 5.32 Å². The Kier molecular flexibility index (Phi) is 5.88. The van der Waals surface area contributed by atoms with Crippen molar-refractivity contribution in [1.29, 1.82) is 0 Å². The third kappa shape index (κ3) is 4.61. The highest BCUT2D eigenvalue weighted by atomic mass is 16.5. The van der Waals surface area contributed by atoms with Gasteiger partial charge in [-0.1, -0.05) is 0 Å². The lowest BCUT2D eigenvalue weighted by atomic mass is 9.99.